The molecule has 0 unspecified atom stereocenters. The molecule has 0 amide bonds. The van der Waals surface area contributed by atoms with E-state index in [1.54, 1.807) is 0 Å². The number of likely N-dealkylation sites (tertiary alicyclic amines) is 1. The number of nitrogens with zero attached hydrogens (tertiary/aromatic N) is 1. The van der Waals surface area contributed by atoms with Crippen LogP contribution in [0.3, 0.4) is 0 Å². The number of halogens is 3. The van der Waals surface area contributed by atoms with Crippen molar-refractivity contribution in [3.05, 3.63) is 0 Å². The van der Waals surface area contributed by atoms with Crippen molar-refractivity contribution in [2.45, 2.75) is 25.2 Å². The van der Waals surface area contributed by atoms with Crippen molar-refractivity contribution >= 4 is 0 Å². The van der Waals surface area contributed by atoms with Crippen molar-refractivity contribution in [3.63, 3.8) is 0 Å². The van der Waals surface area contributed by atoms with Crippen molar-refractivity contribution in [3.8, 4) is 0 Å². The first-order valence-corrected chi connectivity index (χ1v) is 4.66. The summed E-state index contributed by atoms with van der Waals surface area (Å²) in [6, 6.07) is 0.0923. The van der Waals surface area contributed by atoms with Crippen molar-refractivity contribution in [1.29, 1.82) is 0 Å². The standard InChI is InChI=1S/C8H15F3N2O/c9-8(10,11)14-5-4-13-3-1-2-7(12)6-13/h7H,1-6,12H2/t7-/m1/s1. The number of nitrogens with two attached hydrogens (primary N) is 1. The maximum absolute atomic E-state index is 11.6. The van der Waals surface area contributed by atoms with Gasteiger partial charge >= 0.3 is 6.36 Å². The summed E-state index contributed by atoms with van der Waals surface area (Å²) in [6.45, 7) is 1.47. The fraction of sp³-hybridized carbons (Fsp3) is 1.00. The first-order valence-electron chi connectivity index (χ1n) is 4.66. The third kappa shape index (κ3) is 4.78. The first-order chi connectivity index (χ1) is 6.47. The Bertz CT molecular complexity index is 174. The van der Waals surface area contributed by atoms with E-state index in [2.05, 4.69) is 4.74 Å². The number of ether oxygens (including phenoxy) is 1. The van der Waals surface area contributed by atoms with Gasteiger partial charge in [-0.3, -0.25) is 9.64 Å². The number of alkyl halides is 3. The van der Waals surface area contributed by atoms with Gasteiger partial charge in [0.1, 0.15) is 0 Å². The molecule has 0 saturated carbocycles. The van der Waals surface area contributed by atoms with Crippen LogP contribution < -0.4 is 5.73 Å². The smallest absolute Gasteiger partial charge is 0.327 e. The predicted molar refractivity (Wildman–Crippen MR) is 45.7 cm³/mol. The van der Waals surface area contributed by atoms with E-state index in [0.29, 0.717) is 13.1 Å². The Morgan fingerprint density at radius 2 is 2.14 bits per heavy atom. The number of hydrogen-bond donors (Lipinski definition) is 1. The second-order valence-corrected chi connectivity index (χ2v) is 3.50. The van der Waals surface area contributed by atoms with Crippen molar-refractivity contribution < 1.29 is 17.9 Å². The quantitative estimate of drug-likeness (QED) is 0.756. The SMILES string of the molecule is N[C@@H]1CCCN(CCOC(F)(F)F)C1. The van der Waals surface area contributed by atoms with Crippen LogP contribution in [0.5, 0.6) is 0 Å². The van der Waals surface area contributed by atoms with Crippen LogP contribution in [-0.4, -0.2) is 43.5 Å². The van der Waals surface area contributed by atoms with E-state index in [1.807, 2.05) is 4.90 Å². The third-order valence-corrected chi connectivity index (χ3v) is 2.22. The summed E-state index contributed by atoms with van der Waals surface area (Å²) >= 11 is 0. The second kappa shape index (κ2) is 4.95. The van der Waals surface area contributed by atoms with E-state index in [9.17, 15) is 13.2 Å². The summed E-state index contributed by atoms with van der Waals surface area (Å²) in [6.07, 6.45) is -2.61. The molecule has 6 heteroatoms. The third-order valence-electron chi connectivity index (χ3n) is 2.22. The van der Waals surface area contributed by atoms with E-state index in [1.165, 1.54) is 0 Å². The average Bonchev–Trinajstić information content (AvgIpc) is 2.01. The normalized spacial score (nSPS) is 25.3. The molecule has 0 aromatic rings. The Morgan fingerprint density at radius 1 is 1.43 bits per heavy atom. The van der Waals surface area contributed by atoms with Gasteiger partial charge in [0.25, 0.3) is 0 Å². The molecule has 0 aromatic carbocycles. The first kappa shape index (κ1) is 11.7. The fourth-order valence-corrected chi connectivity index (χ4v) is 1.58. The second-order valence-electron chi connectivity index (χ2n) is 3.50. The highest BCUT2D eigenvalue weighted by Crippen LogP contribution is 2.16. The molecule has 1 rings (SSSR count). The molecule has 0 aliphatic carbocycles. The van der Waals surface area contributed by atoms with E-state index in [4.69, 9.17) is 5.73 Å². The van der Waals surface area contributed by atoms with E-state index in [-0.39, 0.29) is 12.6 Å². The molecule has 1 aliphatic rings. The highest BCUT2D eigenvalue weighted by molar-refractivity contribution is 4.74. The predicted octanol–water partition coefficient (Wildman–Crippen LogP) is 0.946. The molecule has 0 radical (unpaired) electrons. The number of piperidine rings is 1. The molecule has 1 aliphatic heterocycles. The lowest BCUT2D eigenvalue weighted by atomic mass is 10.1. The van der Waals surface area contributed by atoms with Gasteiger partial charge in [-0.25, -0.2) is 0 Å². The maximum Gasteiger partial charge on any atom is 0.522 e. The molecule has 0 aromatic heterocycles. The number of rotatable bonds is 3. The lowest BCUT2D eigenvalue weighted by Gasteiger charge is -2.30. The van der Waals surface area contributed by atoms with Crippen molar-refractivity contribution in [2.75, 3.05) is 26.2 Å². The summed E-state index contributed by atoms with van der Waals surface area (Å²) in [5.41, 5.74) is 5.68. The van der Waals surface area contributed by atoms with Crippen molar-refractivity contribution in [1.82, 2.24) is 4.90 Å². The van der Waals surface area contributed by atoms with Gasteiger partial charge in [0.2, 0.25) is 0 Å². The summed E-state index contributed by atoms with van der Waals surface area (Å²) in [5, 5.41) is 0. The Balaban J connectivity index is 2.12. The minimum atomic E-state index is -4.52. The molecular weight excluding hydrogens is 197 g/mol. The zero-order valence-electron chi connectivity index (χ0n) is 7.89. The molecule has 1 heterocycles. The van der Waals surface area contributed by atoms with E-state index >= 15 is 0 Å². The monoisotopic (exact) mass is 212 g/mol. The minimum Gasteiger partial charge on any atom is -0.327 e. The lowest BCUT2D eigenvalue weighted by Crippen LogP contribution is -2.44. The van der Waals surface area contributed by atoms with Gasteiger partial charge < -0.3 is 5.73 Å². The largest absolute Gasteiger partial charge is 0.522 e. The van der Waals surface area contributed by atoms with Gasteiger partial charge in [-0.2, -0.15) is 0 Å². The van der Waals surface area contributed by atoms with Gasteiger partial charge in [0.15, 0.2) is 0 Å². The molecule has 0 spiro atoms. The van der Waals surface area contributed by atoms with Crippen LogP contribution in [0.1, 0.15) is 12.8 Å². The Morgan fingerprint density at radius 3 is 2.71 bits per heavy atom. The zero-order valence-corrected chi connectivity index (χ0v) is 7.89. The van der Waals surface area contributed by atoms with Gasteiger partial charge in [-0.15, -0.1) is 13.2 Å². The van der Waals surface area contributed by atoms with Crippen LogP contribution in [0.2, 0.25) is 0 Å². The van der Waals surface area contributed by atoms with Gasteiger partial charge in [-0.05, 0) is 19.4 Å². The highest BCUT2D eigenvalue weighted by Gasteiger charge is 2.29. The zero-order chi connectivity index (χ0) is 10.6. The molecule has 1 atom stereocenters. The lowest BCUT2D eigenvalue weighted by molar-refractivity contribution is -0.325. The molecule has 1 saturated heterocycles. The van der Waals surface area contributed by atoms with Crippen LogP contribution in [0.25, 0.3) is 0 Å². The van der Waals surface area contributed by atoms with Gasteiger partial charge in [-0.1, -0.05) is 0 Å². The van der Waals surface area contributed by atoms with E-state index in [0.717, 1.165) is 19.4 Å². The molecule has 0 bridgehead atoms. The Kier molecular flexibility index (Phi) is 4.15. The molecule has 1 fully saturated rings. The highest BCUT2D eigenvalue weighted by atomic mass is 19.4. The summed E-state index contributed by atoms with van der Waals surface area (Å²) in [7, 11) is 0. The Labute approximate surface area is 81.0 Å². The molecule has 2 N–H and O–H groups in total. The van der Waals surface area contributed by atoms with Crippen LogP contribution in [0, 0.1) is 0 Å². The summed E-state index contributed by atoms with van der Waals surface area (Å²) in [4.78, 5) is 1.90. The summed E-state index contributed by atoms with van der Waals surface area (Å²) in [5.74, 6) is 0. The van der Waals surface area contributed by atoms with Crippen LogP contribution in [-0.2, 0) is 4.74 Å². The van der Waals surface area contributed by atoms with Gasteiger partial charge in [0.05, 0.1) is 6.61 Å². The Hall–Kier alpha value is -0.330. The molecule has 3 nitrogen and oxygen atoms in total. The molecule has 84 valence electrons. The maximum atomic E-state index is 11.6. The number of hydrogen-bond acceptors (Lipinski definition) is 3. The van der Waals surface area contributed by atoms with Gasteiger partial charge in [0, 0.05) is 19.1 Å². The fourth-order valence-electron chi connectivity index (χ4n) is 1.58. The van der Waals surface area contributed by atoms with E-state index < -0.39 is 6.36 Å². The van der Waals surface area contributed by atoms with Crippen molar-refractivity contribution in [2.24, 2.45) is 5.73 Å². The van der Waals surface area contributed by atoms with Crippen LogP contribution in [0.15, 0.2) is 0 Å². The van der Waals surface area contributed by atoms with Crippen LogP contribution in [0.4, 0.5) is 13.2 Å². The molecule has 14 heavy (non-hydrogen) atoms. The summed E-state index contributed by atoms with van der Waals surface area (Å²) < 4.78 is 38.5. The topological polar surface area (TPSA) is 38.5 Å². The minimum absolute atomic E-state index is 0.0923. The molecular formula is C8H15F3N2O. The van der Waals surface area contributed by atoms with Crippen LogP contribution >= 0.6 is 0 Å². The average molecular weight is 212 g/mol.